The summed E-state index contributed by atoms with van der Waals surface area (Å²) in [7, 11) is 1.76. The standard InChI is InChI=1S/C17H30FIN2/c1-5-7-9-11-13-17(3,12-10-8-6-2)14-15(19)21(4)16(18)20-14/h5-13H2,1-4H3. The summed E-state index contributed by atoms with van der Waals surface area (Å²) in [6.45, 7) is 6.73. The number of nitrogens with zero attached hydrogens (tertiary/aromatic N) is 2. The highest BCUT2D eigenvalue weighted by Gasteiger charge is 2.32. The van der Waals surface area contributed by atoms with Crippen LogP contribution in [0.2, 0.25) is 0 Å². The van der Waals surface area contributed by atoms with Crippen LogP contribution >= 0.6 is 22.6 Å². The number of imidazole rings is 1. The van der Waals surface area contributed by atoms with Crippen molar-refractivity contribution in [3.63, 3.8) is 0 Å². The van der Waals surface area contributed by atoms with Gasteiger partial charge >= 0.3 is 0 Å². The first-order valence-electron chi connectivity index (χ1n) is 8.34. The van der Waals surface area contributed by atoms with Gasteiger partial charge in [-0.15, -0.1) is 0 Å². The molecule has 0 radical (unpaired) electrons. The third kappa shape index (κ3) is 5.22. The lowest BCUT2D eigenvalue weighted by atomic mass is 9.77. The lowest BCUT2D eigenvalue weighted by Crippen LogP contribution is -2.24. The Morgan fingerprint density at radius 3 is 2.05 bits per heavy atom. The number of hydrogen-bond donors (Lipinski definition) is 0. The normalized spacial score (nSPS) is 14.4. The molecule has 0 amide bonds. The molecule has 1 unspecified atom stereocenters. The summed E-state index contributed by atoms with van der Waals surface area (Å²) >= 11 is 2.24. The van der Waals surface area contributed by atoms with Crippen molar-refractivity contribution in [1.82, 2.24) is 9.55 Å². The molecule has 0 aliphatic rings. The SMILES string of the molecule is CCCCCCC(C)(CCCCC)c1nc(F)n(C)c1I. The van der Waals surface area contributed by atoms with Gasteiger partial charge in [0.05, 0.1) is 5.69 Å². The summed E-state index contributed by atoms with van der Waals surface area (Å²) in [4.78, 5) is 4.25. The molecule has 0 N–H and O–H groups in total. The van der Waals surface area contributed by atoms with Crippen molar-refractivity contribution in [3.05, 3.63) is 15.5 Å². The molecule has 0 bridgehead atoms. The predicted octanol–water partition coefficient (Wildman–Crippen LogP) is 5.97. The van der Waals surface area contributed by atoms with E-state index in [9.17, 15) is 4.39 Å². The van der Waals surface area contributed by atoms with E-state index in [1.807, 2.05) is 0 Å². The number of halogens is 2. The van der Waals surface area contributed by atoms with Gasteiger partial charge in [0.2, 0.25) is 0 Å². The van der Waals surface area contributed by atoms with Crippen molar-refractivity contribution in [2.45, 2.75) is 84.0 Å². The van der Waals surface area contributed by atoms with Gasteiger partial charge < -0.3 is 0 Å². The highest BCUT2D eigenvalue weighted by atomic mass is 127. The summed E-state index contributed by atoms with van der Waals surface area (Å²) in [5, 5.41) is 0. The average molecular weight is 408 g/mol. The van der Waals surface area contributed by atoms with E-state index in [2.05, 4.69) is 48.3 Å². The Hall–Kier alpha value is -0.130. The largest absolute Gasteiger partial charge is 0.298 e. The first kappa shape index (κ1) is 18.9. The molecule has 0 aromatic carbocycles. The maximum atomic E-state index is 13.8. The van der Waals surface area contributed by atoms with Crippen LogP contribution in [0.1, 0.15) is 84.3 Å². The molecule has 0 aliphatic heterocycles. The highest BCUT2D eigenvalue weighted by molar-refractivity contribution is 14.1. The van der Waals surface area contributed by atoms with E-state index in [0.717, 1.165) is 22.2 Å². The molecule has 1 heterocycles. The molecule has 1 aromatic heterocycles. The third-order valence-corrected chi connectivity index (χ3v) is 5.69. The molecular weight excluding hydrogens is 378 g/mol. The van der Waals surface area contributed by atoms with Gasteiger partial charge in [-0.25, -0.2) is 4.98 Å². The van der Waals surface area contributed by atoms with Gasteiger partial charge in [-0.05, 0) is 35.4 Å². The van der Waals surface area contributed by atoms with Crippen molar-refractivity contribution < 1.29 is 4.39 Å². The van der Waals surface area contributed by atoms with Gasteiger partial charge in [-0.2, -0.15) is 4.39 Å². The average Bonchev–Trinajstić information content (AvgIpc) is 2.72. The van der Waals surface area contributed by atoms with Crippen LogP contribution in [0.4, 0.5) is 4.39 Å². The molecule has 1 rings (SSSR count). The molecule has 2 nitrogen and oxygen atoms in total. The van der Waals surface area contributed by atoms with Gasteiger partial charge in [0, 0.05) is 12.5 Å². The zero-order chi connectivity index (χ0) is 15.9. The van der Waals surface area contributed by atoms with Crippen LogP contribution < -0.4 is 0 Å². The van der Waals surface area contributed by atoms with Crippen LogP contribution in [0.5, 0.6) is 0 Å². The lowest BCUT2D eigenvalue weighted by Gasteiger charge is -2.28. The molecule has 0 saturated carbocycles. The fourth-order valence-corrected chi connectivity index (χ4v) is 3.88. The van der Waals surface area contributed by atoms with E-state index < -0.39 is 0 Å². The third-order valence-electron chi connectivity index (χ3n) is 4.46. The van der Waals surface area contributed by atoms with Crippen LogP contribution in [0.3, 0.4) is 0 Å². The zero-order valence-corrected chi connectivity index (χ0v) is 16.2. The van der Waals surface area contributed by atoms with Crippen LogP contribution in [0.25, 0.3) is 0 Å². The molecule has 1 atom stereocenters. The second kappa shape index (κ2) is 9.11. The number of aromatic nitrogens is 2. The maximum absolute atomic E-state index is 13.8. The van der Waals surface area contributed by atoms with Crippen molar-refractivity contribution in [2.24, 2.45) is 7.05 Å². The van der Waals surface area contributed by atoms with Crippen molar-refractivity contribution in [3.8, 4) is 0 Å². The molecular formula is C17H30FIN2. The first-order valence-corrected chi connectivity index (χ1v) is 9.42. The fourth-order valence-electron chi connectivity index (χ4n) is 2.91. The van der Waals surface area contributed by atoms with Gasteiger partial charge in [0.25, 0.3) is 6.08 Å². The Balaban J connectivity index is 2.86. The van der Waals surface area contributed by atoms with E-state index in [1.54, 1.807) is 11.6 Å². The molecule has 0 fully saturated rings. The molecule has 1 aromatic rings. The number of hydrogen-bond acceptors (Lipinski definition) is 1. The number of rotatable bonds is 10. The molecule has 4 heteroatoms. The molecule has 0 saturated heterocycles. The minimum absolute atomic E-state index is 0.0154. The monoisotopic (exact) mass is 408 g/mol. The Kier molecular flexibility index (Phi) is 8.21. The van der Waals surface area contributed by atoms with E-state index >= 15 is 0 Å². The second-order valence-electron chi connectivity index (χ2n) is 6.41. The Bertz CT molecular complexity index is 431. The molecule has 0 spiro atoms. The Morgan fingerprint density at radius 1 is 1.05 bits per heavy atom. The summed E-state index contributed by atoms with van der Waals surface area (Å²) in [5.41, 5.74) is 0.984. The number of unbranched alkanes of at least 4 members (excludes halogenated alkanes) is 5. The van der Waals surface area contributed by atoms with Gasteiger partial charge in [0.15, 0.2) is 0 Å². The van der Waals surface area contributed by atoms with Crippen LogP contribution in [-0.2, 0) is 12.5 Å². The smallest absolute Gasteiger partial charge is 0.290 e. The zero-order valence-electron chi connectivity index (χ0n) is 14.0. The van der Waals surface area contributed by atoms with E-state index in [-0.39, 0.29) is 11.5 Å². The van der Waals surface area contributed by atoms with Gasteiger partial charge in [-0.3, -0.25) is 4.57 Å². The topological polar surface area (TPSA) is 17.8 Å². The van der Waals surface area contributed by atoms with Crippen LogP contribution in [0.15, 0.2) is 0 Å². The maximum Gasteiger partial charge on any atom is 0.290 e. The van der Waals surface area contributed by atoms with E-state index in [1.165, 1.54) is 44.9 Å². The van der Waals surface area contributed by atoms with E-state index in [0.29, 0.717) is 0 Å². The van der Waals surface area contributed by atoms with Gasteiger partial charge in [0.1, 0.15) is 3.70 Å². The minimum Gasteiger partial charge on any atom is -0.298 e. The summed E-state index contributed by atoms with van der Waals surface area (Å²) in [5.74, 6) is 0. The minimum atomic E-state index is -0.357. The quantitative estimate of drug-likeness (QED) is 0.344. The fraction of sp³-hybridized carbons (Fsp3) is 0.824. The van der Waals surface area contributed by atoms with Crippen molar-refractivity contribution in [2.75, 3.05) is 0 Å². The first-order chi connectivity index (χ1) is 9.96. The molecule has 21 heavy (non-hydrogen) atoms. The summed E-state index contributed by atoms with van der Waals surface area (Å²) in [6.07, 6.45) is 10.6. The summed E-state index contributed by atoms with van der Waals surface area (Å²) in [6, 6.07) is 0. The van der Waals surface area contributed by atoms with E-state index in [4.69, 9.17) is 0 Å². The van der Waals surface area contributed by atoms with Gasteiger partial charge in [-0.1, -0.05) is 65.7 Å². The molecule has 0 aliphatic carbocycles. The summed E-state index contributed by atoms with van der Waals surface area (Å²) < 4.78 is 16.3. The Labute approximate surface area is 143 Å². The second-order valence-corrected chi connectivity index (χ2v) is 7.43. The van der Waals surface area contributed by atoms with Crippen molar-refractivity contribution in [1.29, 1.82) is 0 Å². The van der Waals surface area contributed by atoms with Crippen molar-refractivity contribution >= 4 is 22.6 Å². The lowest BCUT2D eigenvalue weighted by molar-refractivity contribution is 0.354. The predicted molar refractivity (Wildman–Crippen MR) is 96.1 cm³/mol. The highest BCUT2D eigenvalue weighted by Crippen LogP contribution is 2.37. The van der Waals surface area contributed by atoms with Crippen LogP contribution in [-0.4, -0.2) is 9.55 Å². The Morgan fingerprint density at radius 2 is 1.57 bits per heavy atom. The molecule has 122 valence electrons. The van der Waals surface area contributed by atoms with Crippen LogP contribution in [0, 0.1) is 9.78 Å².